The predicted molar refractivity (Wildman–Crippen MR) is 38.1 cm³/mol. The summed E-state index contributed by atoms with van der Waals surface area (Å²) in [5.74, 6) is 0. The molecule has 1 saturated heterocycles. The van der Waals surface area contributed by atoms with Crippen LogP contribution in [-0.2, 0) is 4.74 Å². The number of aliphatic hydroxyl groups is 3. The molecule has 0 bridgehead atoms. The topological polar surface area (TPSA) is 69.9 Å². The van der Waals surface area contributed by atoms with E-state index < -0.39 is 18.3 Å². The molecule has 0 aromatic carbocycles. The lowest BCUT2D eigenvalue weighted by Gasteiger charge is -2.12. The summed E-state index contributed by atoms with van der Waals surface area (Å²) >= 11 is 0. The number of ether oxygens (including phenoxy) is 1. The third kappa shape index (κ3) is 1.70. The average Bonchev–Trinajstić information content (AvgIpc) is 2.19. The Hall–Kier alpha value is -0.160. The molecule has 0 amide bonds. The molecule has 0 aromatic rings. The third-order valence-electron chi connectivity index (χ3n) is 2.01. The lowest BCUT2D eigenvalue weighted by molar-refractivity contribution is 0.00224. The minimum atomic E-state index is -0.850. The van der Waals surface area contributed by atoms with Crippen LogP contribution in [0.15, 0.2) is 0 Å². The first-order chi connectivity index (χ1) is 5.16. The molecule has 0 aromatic heterocycles. The molecule has 1 unspecified atom stereocenters. The molecule has 66 valence electrons. The Morgan fingerprint density at radius 2 is 1.91 bits per heavy atom. The Labute approximate surface area is 65.4 Å². The molecule has 1 rings (SSSR count). The van der Waals surface area contributed by atoms with Crippen LogP contribution in [0.1, 0.15) is 13.3 Å². The van der Waals surface area contributed by atoms with Crippen molar-refractivity contribution in [3.05, 3.63) is 0 Å². The van der Waals surface area contributed by atoms with E-state index in [1.165, 1.54) is 0 Å². The number of aliphatic hydroxyl groups excluding tert-OH is 3. The van der Waals surface area contributed by atoms with Gasteiger partial charge in [0, 0.05) is 6.61 Å². The summed E-state index contributed by atoms with van der Waals surface area (Å²) in [5.41, 5.74) is 0. The molecule has 0 spiro atoms. The summed E-state index contributed by atoms with van der Waals surface area (Å²) < 4.78 is 5.17. The lowest BCUT2D eigenvalue weighted by atomic mass is 10.1. The van der Waals surface area contributed by atoms with Gasteiger partial charge in [0.25, 0.3) is 0 Å². The first-order valence-corrected chi connectivity index (χ1v) is 3.79. The summed E-state index contributed by atoms with van der Waals surface area (Å²) in [7, 11) is 0. The third-order valence-corrected chi connectivity index (χ3v) is 2.01. The quantitative estimate of drug-likeness (QED) is 0.481. The number of rotatable bonds is 2. The monoisotopic (exact) mass is 162 g/mol. The zero-order valence-electron chi connectivity index (χ0n) is 6.47. The Morgan fingerprint density at radius 3 is 2.27 bits per heavy atom. The summed E-state index contributed by atoms with van der Waals surface area (Å²) in [6.07, 6.45) is -2.03. The van der Waals surface area contributed by atoms with Crippen LogP contribution in [0.5, 0.6) is 0 Å². The van der Waals surface area contributed by atoms with Gasteiger partial charge in [0.2, 0.25) is 0 Å². The van der Waals surface area contributed by atoms with Gasteiger partial charge in [0.15, 0.2) is 0 Å². The normalized spacial score (nSPS) is 44.7. The smallest absolute Gasteiger partial charge is 0.109 e. The fourth-order valence-electron chi connectivity index (χ4n) is 1.30. The first-order valence-electron chi connectivity index (χ1n) is 3.79. The molecular weight excluding hydrogens is 148 g/mol. The molecule has 0 radical (unpaired) electrons. The van der Waals surface area contributed by atoms with Crippen molar-refractivity contribution in [1.29, 1.82) is 0 Å². The Bertz CT molecular complexity index is 128. The highest BCUT2D eigenvalue weighted by molar-refractivity contribution is 4.87. The van der Waals surface area contributed by atoms with Crippen molar-refractivity contribution in [2.45, 2.75) is 37.8 Å². The van der Waals surface area contributed by atoms with E-state index in [4.69, 9.17) is 9.84 Å². The second-order valence-electron chi connectivity index (χ2n) is 2.87. The molecule has 4 atom stereocenters. The van der Waals surface area contributed by atoms with E-state index in [2.05, 4.69) is 0 Å². The van der Waals surface area contributed by atoms with Gasteiger partial charge < -0.3 is 20.1 Å². The average molecular weight is 162 g/mol. The van der Waals surface area contributed by atoms with Crippen molar-refractivity contribution in [3.8, 4) is 0 Å². The van der Waals surface area contributed by atoms with Crippen molar-refractivity contribution < 1.29 is 20.1 Å². The van der Waals surface area contributed by atoms with Gasteiger partial charge in [-0.25, -0.2) is 0 Å². The molecule has 4 nitrogen and oxygen atoms in total. The van der Waals surface area contributed by atoms with E-state index in [-0.39, 0.29) is 12.7 Å². The molecule has 1 aliphatic heterocycles. The maximum Gasteiger partial charge on any atom is 0.109 e. The second kappa shape index (κ2) is 3.49. The second-order valence-corrected chi connectivity index (χ2v) is 2.87. The Morgan fingerprint density at radius 1 is 1.27 bits per heavy atom. The largest absolute Gasteiger partial charge is 0.396 e. The fourth-order valence-corrected chi connectivity index (χ4v) is 1.30. The lowest BCUT2D eigenvalue weighted by Crippen LogP contribution is -2.31. The van der Waals surface area contributed by atoms with Crippen LogP contribution in [0.4, 0.5) is 0 Å². The first kappa shape index (κ1) is 8.93. The SMILES string of the molecule is C[C@@H]1O[C@H](CCO)[C@H](O)C1O. The van der Waals surface area contributed by atoms with Crippen LogP contribution in [0.2, 0.25) is 0 Å². The highest BCUT2D eigenvalue weighted by Gasteiger charge is 2.39. The molecule has 0 aliphatic carbocycles. The van der Waals surface area contributed by atoms with Gasteiger partial charge in [-0.05, 0) is 13.3 Å². The van der Waals surface area contributed by atoms with Gasteiger partial charge in [-0.2, -0.15) is 0 Å². The van der Waals surface area contributed by atoms with Crippen LogP contribution in [0.25, 0.3) is 0 Å². The summed E-state index contributed by atoms with van der Waals surface area (Å²) in [5, 5.41) is 27.0. The molecule has 1 aliphatic rings. The Balaban J connectivity index is 2.45. The summed E-state index contributed by atoms with van der Waals surface area (Å²) in [6, 6.07) is 0. The van der Waals surface area contributed by atoms with E-state index in [1.807, 2.05) is 0 Å². The maximum atomic E-state index is 9.27. The highest BCUT2D eigenvalue weighted by atomic mass is 16.5. The standard InChI is InChI=1S/C7H14O4/c1-4-6(9)7(10)5(11-4)2-3-8/h4-10H,2-3H2,1H3/t4-,5+,6?,7-/m0/s1. The fraction of sp³-hybridized carbons (Fsp3) is 1.00. The van der Waals surface area contributed by atoms with E-state index in [9.17, 15) is 10.2 Å². The van der Waals surface area contributed by atoms with Crippen LogP contribution in [0, 0.1) is 0 Å². The minimum Gasteiger partial charge on any atom is -0.396 e. The molecule has 0 saturated carbocycles. The van der Waals surface area contributed by atoms with Crippen LogP contribution in [-0.4, -0.2) is 46.3 Å². The van der Waals surface area contributed by atoms with Crippen LogP contribution < -0.4 is 0 Å². The van der Waals surface area contributed by atoms with Gasteiger partial charge in [-0.3, -0.25) is 0 Å². The van der Waals surface area contributed by atoms with Crippen LogP contribution >= 0.6 is 0 Å². The van der Waals surface area contributed by atoms with Crippen LogP contribution in [0.3, 0.4) is 0 Å². The zero-order valence-corrected chi connectivity index (χ0v) is 6.47. The molecule has 1 fully saturated rings. The highest BCUT2D eigenvalue weighted by Crippen LogP contribution is 2.22. The molecule has 4 heteroatoms. The van der Waals surface area contributed by atoms with Gasteiger partial charge in [0.1, 0.15) is 12.2 Å². The summed E-state index contributed by atoms with van der Waals surface area (Å²) in [4.78, 5) is 0. The number of hydrogen-bond donors (Lipinski definition) is 3. The van der Waals surface area contributed by atoms with Crippen molar-refractivity contribution in [1.82, 2.24) is 0 Å². The van der Waals surface area contributed by atoms with E-state index in [0.717, 1.165) is 0 Å². The van der Waals surface area contributed by atoms with Gasteiger partial charge in [0.05, 0.1) is 12.2 Å². The van der Waals surface area contributed by atoms with Crippen molar-refractivity contribution >= 4 is 0 Å². The van der Waals surface area contributed by atoms with E-state index >= 15 is 0 Å². The zero-order chi connectivity index (χ0) is 8.43. The summed E-state index contributed by atoms with van der Waals surface area (Å²) in [6.45, 7) is 1.67. The van der Waals surface area contributed by atoms with Gasteiger partial charge in [-0.15, -0.1) is 0 Å². The van der Waals surface area contributed by atoms with Gasteiger partial charge in [-0.1, -0.05) is 0 Å². The predicted octanol–water partition coefficient (Wildman–Crippen LogP) is -1.12. The van der Waals surface area contributed by atoms with Crippen molar-refractivity contribution in [2.75, 3.05) is 6.61 Å². The molecule has 11 heavy (non-hydrogen) atoms. The van der Waals surface area contributed by atoms with E-state index in [1.54, 1.807) is 6.92 Å². The Kier molecular flexibility index (Phi) is 2.84. The molecule has 1 heterocycles. The van der Waals surface area contributed by atoms with Crippen molar-refractivity contribution in [2.24, 2.45) is 0 Å². The van der Waals surface area contributed by atoms with Crippen molar-refractivity contribution in [3.63, 3.8) is 0 Å². The van der Waals surface area contributed by atoms with Gasteiger partial charge >= 0.3 is 0 Å². The van der Waals surface area contributed by atoms with E-state index in [0.29, 0.717) is 6.42 Å². The number of hydrogen-bond acceptors (Lipinski definition) is 4. The minimum absolute atomic E-state index is 0.0266. The molecule has 3 N–H and O–H groups in total. The maximum absolute atomic E-state index is 9.27. The molecular formula is C7H14O4.